The number of aromatic nitrogens is 1. The summed E-state index contributed by atoms with van der Waals surface area (Å²) in [5.74, 6) is 1.04. The Kier molecular flexibility index (Phi) is 8.43. The van der Waals surface area contributed by atoms with Gasteiger partial charge in [-0.15, -0.1) is 0 Å². The van der Waals surface area contributed by atoms with Crippen LogP contribution in [-0.2, 0) is 4.74 Å². The second-order valence-corrected chi connectivity index (χ2v) is 9.62. The number of hydrogen-bond donors (Lipinski definition) is 2. The number of urea groups is 1. The molecular formula is C27H37N5O4. The Morgan fingerprint density at radius 2 is 1.97 bits per heavy atom. The topological polar surface area (TPSA) is 98.2 Å². The molecule has 1 aromatic carbocycles. The van der Waals surface area contributed by atoms with Crippen LogP contribution in [0.15, 0.2) is 30.3 Å². The summed E-state index contributed by atoms with van der Waals surface area (Å²) in [6.45, 7) is 8.47. The predicted octanol–water partition coefficient (Wildman–Crippen LogP) is 3.22. The van der Waals surface area contributed by atoms with Gasteiger partial charge in [-0.25, -0.2) is 9.78 Å². The van der Waals surface area contributed by atoms with Crippen LogP contribution in [0, 0.1) is 12.8 Å². The number of aliphatic hydroxyl groups excluding tert-OH is 1. The SMILES string of the molecule is CC[C@@H]1CCN(C(=O)Nc2ccc(C)c(-c3cc(C(=O)N(C)CCO)nc(N4CCOCC4)c3)c2)C1. The Morgan fingerprint density at radius 1 is 1.19 bits per heavy atom. The molecule has 2 aliphatic rings. The number of hydrogen-bond acceptors (Lipinski definition) is 6. The third kappa shape index (κ3) is 5.96. The van der Waals surface area contributed by atoms with Crippen molar-refractivity contribution < 1.29 is 19.4 Å². The highest BCUT2D eigenvalue weighted by molar-refractivity contribution is 5.95. The normalized spacial score (nSPS) is 17.8. The summed E-state index contributed by atoms with van der Waals surface area (Å²) in [6.07, 6.45) is 2.13. The highest BCUT2D eigenvalue weighted by Crippen LogP contribution is 2.31. The number of pyridine rings is 1. The molecule has 1 aromatic heterocycles. The van der Waals surface area contributed by atoms with E-state index in [1.54, 1.807) is 13.1 Å². The number of carbonyl (C=O) groups excluding carboxylic acids is 2. The summed E-state index contributed by atoms with van der Waals surface area (Å²) in [7, 11) is 1.66. The minimum absolute atomic E-state index is 0.0778. The van der Waals surface area contributed by atoms with Crippen molar-refractivity contribution in [1.29, 1.82) is 0 Å². The van der Waals surface area contributed by atoms with Gasteiger partial charge in [-0.3, -0.25) is 4.79 Å². The summed E-state index contributed by atoms with van der Waals surface area (Å²) < 4.78 is 5.50. The minimum atomic E-state index is -0.248. The molecule has 2 aromatic rings. The van der Waals surface area contributed by atoms with Gasteiger partial charge in [-0.05, 0) is 60.2 Å². The van der Waals surface area contributed by atoms with Crippen LogP contribution < -0.4 is 10.2 Å². The first-order chi connectivity index (χ1) is 17.4. The van der Waals surface area contributed by atoms with Gasteiger partial charge < -0.3 is 29.9 Å². The van der Waals surface area contributed by atoms with Crippen LogP contribution in [0.1, 0.15) is 35.8 Å². The van der Waals surface area contributed by atoms with Gasteiger partial charge in [0.1, 0.15) is 11.5 Å². The summed E-state index contributed by atoms with van der Waals surface area (Å²) in [5.41, 5.74) is 3.85. The van der Waals surface area contributed by atoms with E-state index in [0.717, 1.165) is 48.3 Å². The van der Waals surface area contributed by atoms with Crippen molar-refractivity contribution in [3.05, 3.63) is 41.6 Å². The zero-order chi connectivity index (χ0) is 25.7. The molecule has 0 saturated carbocycles. The van der Waals surface area contributed by atoms with Crippen molar-refractivity contribution in [2.24, 2.45) is 5.92 Å². The number of nitrogens with one attached hydrogen (secondary N) is 1. The second kappa shape index (κ2) is 11.7. The van der Waals surface area contributed by atoms with Gasteiger partial charge in [0.15, 0.2) is 0 Å². The molecule has 3 amide bonds. The highest BCUT2D eigenvalue weighted by atomic mass is 16.5. The van der Waals surface area contributed by atoms with E-state index in [0.29, 0.717) is 43.7 Å². The van der Waals surface area contributed by atoms with Crippen LogP contribution in [0.3, 0.4) is 0 Å². The van der Waals surface area contributed by atoms with Gasteiger partial charge in [0, 0.05) is 45.5 Å². The van der Waals surface area contributed by atoms with E-state index >= 15 is 0 Å². The first-order valence-corrected chi connectivity index (χ1v) is 12.8. The van der Waals surface area contributed by atoms with E-state index < -0.39 is 0 Å². The molecule has 36 heavy (non-hydrogen) atoms. The number of nitrogens with zero attached hydrogens (tertiary/aromatic N) is 4. The molecule has 2 aliphatic heterocycles. The van der Waals surface area contributed by atoms with Gasteiger partial charge >= 0.3 is 6.03 Å². The Morgan fingerprint density at radius 3 is 2.67 bits per heavy atom. The highest BCUT2D eigenvalue weighted by Gasteiger charge is 2.25. The van der Waals surface area contributed by atoms with Crippen LogP contribution in [0.2, 0.25) is 0 Å². The third-order valence-electron chi connectivity index (χ3n) is 7.10. The molecule has 0 spiro atoms. The smallest absolute Gasteiger partial charge is 0.321 e. The summed E-state index contributed by atoms with van der Waals surface area (Å²) in [5, 5.41) is 12.4. The van der Waals surface area contributed by atoms with Gasteiger partial charge in [0.25, 0.3) is 5.91 Å². The fourth-order valence-electron chi connectivity index (χ4n) is 4.75. The molecule has 2 saturated heterocycles. The first kappa shape index (κ1) is 25.9. The summed E-state index contributed by atoms with van der Waals surface area (Å²) in [6, 6.07) is 9.57. The molecule has 9 nitrogen and oxygen atoms in total. The molecule has 0 aliphatic carbocycles. The molecule has 4 rings (SSSR count). The van der Waals surface area contributed by atoms with E-state index in [1.807, 2.05) is 36.1 Å². The number of benzene rings is 1. The fraction of sp³-hybridized carbons (Fsp3) is 0.519. The predicted molar refractivity (Wildman–Crippen MR) is 140 cm³/mol. The Labute approximate surface area is 213 Å². The second-order valence-electron chi connectivity index (χ2n) is 9.62. The standard InChI is InChI=1S/C27H37N5O4/c1-4-20-7-8-32(18-20)27(35)28-22-6-5-19(2)23(17-22)21-15-24(26(34)30(3)9-12-33)29-25(16-21)31-10-13-36-14-11-31/h5-6,15-17,20,33H,4,7-14,18H2,1-3H3,(H,28,35)/t20-/m1/s1. The fourth-order valence-corrected chi connectivity index (χ4v) is 4.75. The lowest BCUT2D eigenvalue weighted by atomic mass is 9.99. The zero-order valence-electron chi connectivity index (χ0n) is 21.5. The largest absolute Gasteiger partial charge is 0.395 e. The number of aliphatic hydroxyl groups is 1. The van der Waals surface area contributed by atoms with Crippen LogP contribution in [0.4, 0.5) is 16.3 Å². The molecule has 3 heterocycles. The van der Waals surface area contributed by atoms with E-state index in [1.165, 1.54) is 4.90 Å². The lowest BCUT2D eigenvalue weighted by Crippen LogP contribution is -2.37. The summed E-state index contributed by atoms with van der Waals surface area (Å²) in [4.78, 5) is 36.1. The molecule has 2 fully saturated rings. The summed E-state index contributed by atoms with van der Waals surface area (Å²) >= 11 is 0. The number of carbonyl (C=O) groups is 2. The van der Waals surface area contributed by atoms with Crippen molar-refractivity contribution in [3.8, 4) is 11.1 Å². The van der Waals surface area contributed by atoms with Crippen molar-refractivity contribution in [3.63, 3.8) is 0 Å². The van der Waals surface area contributed by atoms with Crippen molar-refractivity contribution in [2.45, 2.75) is 26.7 Å². The number of amides is 3. The van der Waals surface area contributed by atoms with E-state index in [9.17, 15) is 14.7 Å². The molecule has 2 N–H and O–H groups in total. The number of likely N-dealkylation sites (tertiary alicyclic amines) is 1. The van der Waals surface area contributed by atoms with Crippen molar-refractivity contribution in [1.82, 2.24) is 14.8 Å². The average molecular weight is 496 g/mol. The molecule has 0 unspecified atom stereocenters. The van der Waals surface area contributed by atoms with E-state index in [4.69, 9.17) is 4.74 Å². The van der Waals surface area contributed by atoms with Crippen LogP contribution in [0.5, 0.6) is 0 Å². The maximum absolute atomic E-state index is 13.1. The number of ether oxygens (including phenoxy) is 1. The quantitative estimate of drug-likeness (QED) is 0.612. The molecule has 1 atom stereocenters. The lowest BCUT2D eigenvalue weighted by Gasteiger charge is -2.29. The van der Waals surface area contributed by atoms with E-state index in [-0.39, 0.29) is 25.1 Å². The zero-order valence-corrected chi connectivity index (χ0v) is 21.5. The Hall–Kier alpha value is -3.17. The van der Waals surface area contributed by atoms with Crippen LogP contribution in [0.25, 0.3) is 11.1 Å². The number of likely N-dealkylation sites (N-methyl/N-ethyl adjacent to an activating group) is 1. The minimum Gasteiger partial charge on any atom is -0.395 e. The maximum Gasteiger partial charge on any atom is 0.321 e. The van der Waals surface area contributed by atoms with Crippen LogP contribution >= 0.6 is 0 Å². The molecule has 194 valence electrons. The van der Waals surface area contributed by atoms with Crippen LogP contribution in [-0.4, -0.2) is 91.4 Å². The molecule has 0 radical (unpaired) electrons. The number of rotatable bonds is 7. The van der Waals surface area contributed by atoms with Gasteiger partial charge in [0.2, 0.25) is 0 Å². The lowest BCUT2D eigenvalue weighted by molar-refractivity contribution is 0.0761. The molecule has 0 bridgehead atoms. The Bertz CT molecular complexity index is 1090. The van der Waals surface area contributed by atoms with Gasteiger partial charge in [0.05, 0.1) is 19.8 Å². The molecular weight excluding hydrogens is 458 g/mol. The van der Waals surface area contributed by atoms with E-state index in [2.05, 4.69) is 22.1 Å². The number of morpholine rings is 1. The first-order valence-electron chi connectivity index (χ1n) is 12.8. The average Bonchev–Trinajstić information content (AvgIpc) is 3.39. The molecule has 9 heteroatoms. The Balaban J connectivity index is 1.65. The number of aryl methyl sites for hydroxylation is 1. The van der Waals surface area contributed by atoms with Gasteiger partial charge in [-0.2, -0.15) is 0 Å². The third-order valence-corrected chi connectivity index (χ3v) is 7.10. The monoisotopic (exact) mass is 495 g/mol. The maximum atomic E-state index is 13.1. The van der Waals surface area contributed by atoms with Gasteiger partial charge in [-0.1, -0.05) is 19.4 Å². The van der Waals surface area contributed by atoms with Crippen molar-refractivity contribution in [2.75, 3.05) is 69.8 Å². The van der Waals surface area contributed by atoms with Crippen molar-refractivity contribution >= 4 is 23.4 Å². The number of anilines is 2.